The summed E-state index contributed by atoms with van der Waals surface area (Å²) in [5, 5.41) is 2.57. The minimum Gasteiger partial charge on any atom is -0.481 e. The fourth-order valence-corrected chi connectivity index (χ4v) is 3.37. The summed E-state index contributed by atoms with van der Waals surface area (Å²) in [5.41, 5.74) is 0.326. The van der Waals surface area contributed by atoms with Crippen molar-refractivity contribution < 1.29 is 33.8 Å². The molecule has 6 nitrogen and oxygen atoms in total. The molecule has 1 aliphatic heterocycles. The molecule has 2 heterocycles. The van der Waals surface area contributed by atoms with E-state index in [0.29, 0.717) is 5.69 Å². The van der Waals surface area contributed by atoms with E-state index in [4.69, 9.17) is 4.74 Å². The monoisotopic (exact) mass is 437 g/mol. The van der Waals surface area contributed by atoms with E-state index in [1.165, 1.54) is 6.20 Å². The molecule has 1 unspecified atom stereocenters. The summed E-state index contributed by atoms with van der Waals surface area (Å²) in [5.74, 6) is -1.08. The number of carbonyl (C=O) groups excluding carboxylic acids is 2. The number of fused-ring (bicyclic) bond motifs is 1. The molecule has 0 bridgehead atoms. The van der Waals surface area contributed by atoms with E-state index < -0.39 is 33.0 Å². The maximum atomic E-state index is 12.9. The van der Waals surface area contributed by atoms with Gasteiger partial charge in [-0.2, -0.15) is 0 Å². The van der Waals surface area contributed by atoms with Crippen molar-refractivity contribution in [2.75, 3.05) is 16.8 Å². The number of halogens is 5. The quantitative estimate of drug-likeness (QED) is 0.677. The Kier molecular flexibility index (Phi) is 4.53. The standard InChI is InChI=1S/C17H16F5N3O3S/c1-2-14(28-11-5-7-12(8-6-11)29(18,19,20,21)22)17(27)25-10-15(26)24-13-4-3-9-23-16(13)25/h3-9,14H,2,10H2,1H3,(H,24,26). The van der Waals surface area contributed by atoms with Crippen molar-refractivity contribution in [1.82, 2.24) is 4.98 Å². The van der Waals surface area contributed by atoms with E-state index in [2.05, 4.69) is 10.3 Å². The summed E-state index contributed by atoms with van der Waals surface area (Å²) in [7, 11) is -9.79. The molecule has 1 aliphatic rings. The molecule has 1 atom stereocenters. The van der Waals surface area contributed by atoms with Crippen molar-refractivity contribution >= 4 is 33.5 Å². The van der Waals surface area contributed by atoms with Crippen LogP contribution in [0.25, 0.3) is 0 Å². The molecule has 29 heavy (non-hydrogen) atoms. The fraction of sp³-hybridized carbons (Fsp3) is 0.235. The lowest BCUT2D eigenvalue weighted by Gasteiger charge is -2.40. The van der Waals surface area contributed by atoms with Gasteiger partial charge in [-0.1, -0.05) is 26.4 Å². The summed E-state index contributed by atoms with van der Waals surface area (Å²) < 4.78 is 69.5. The zero-order valence-electron chi connectivity index (χ0n) is 15.0. The summed E-state index contributed by atoms with van der Waals surface area (Å²) in [4.78, 5) is 27.8. The molecule has 1 aromatic carbocycles. The smallest absolute Gasteiger partial charge is 0.310 e. The van der Waals surface area contributed by atoms with Gasteiger partial charge in [0.05, 0.1) is 5.69 Å². The molecule has 0 aliphatic carbocycles. The van der Waals surface area contributed by atoms with Crippen molar-refractivity contribution in [2.24, 2.45) is 0 Å². The third-order valence-electron chi connectivity index (χ3n) is 4.08. The van der Waals surface area contributed by atoms with E-state index in [0.717, 1.165) is 17.0 Å². The highest BCUT2D eigenvalue weighted by Gasteiger charge is 2.65. The van der Waals surface area contributed by atoms with Gasteiger partial charge in [0, 0.05) is 6.20 Å². The fourth-order valence-electron chi connectivity index (χ4n) is 2.72. The van der Waals surface area contributed by atoms with E-state index in [1.54, 1.807) is 19.1 Å². The first-order valence-corrected chi connectivity index (χ1v) is 10.3. The van der Waals surface area contributed by atoms with Gasteiger partial charge >= 0.3 is 10.2 Å². The Balaban J connectivity index is 1.82. The summed E-state index contributed by atoms with van der Waals surface area (Å²) in [6.45, 7) is 1.28. The largest absolute Gasteiger partial charge is 0.481 e. The van der Waals surface area contributed by atoms with Gasteiger partial charge in [-0.25, -0.2) is 4.98 Å². The maximum Gasteiger partial charge on any atom is 0.310 e. The molecule has 2 aromatic rings. The average molecular weight is 437 g/mol. The number of hydrogen-bond donors (Lipinski definition) is 1. The lowest BCUT2D eigenvalue weighted by atomic mass is 10.2. The van der Waals surface area contributed by atoms with Crippen molar-refractivity contribution in [3.8, 4) is 5.75 Å². The second kappa shape index (κ2) is 6.31. The van der Waals surface area contributed by atoms with Crippen LogP contribution in [0.2, 0.25) is 0 Å². The van der Waals surface area contributed by atoms with E-state index in [1.807, 2.05) is 0 Å². The molecule has 1 N–H and O–H groups in total. The van der Waals surface area contributed by atoms with Gasteiger partial charge in [0.2, 0.25) is 5.91 Å². The maximum absolute atomic E-state index is 12.9. The van der Waals surface area contributed by atoms with Crippen LogP contribution in [0, 0.1) is 0 Å². The molecule has 0 radical (unpaired) electrons. The number of carbonyl (C=O) groups is 2. The summed E-state index contributed by atoms with van der Waals surface area (Å²) in [6, 6.07) is 4.98. The first-order valence-electron chi connectivity index (χ1n) is 8.35. The molecular weight excluding hydrogens is 421 g/mol. The average Bonchev–Trinajstić information content (AvgIpc) is 2.63. The predicted octanol–water partition coefficient (Wildman–Crippen LogP) is 4.88. The van der Waals surface area contributed by atoms with Crippen molar-refractivity contribution in [3.05, 3.63) is 42.6 Å². The van der Waals surface area contributed by atoms with E-state index in [9.17, 15) is 29.0 Å². The number of amides is 2. The number of benzene rings is 1. The zero-order valence-corrected chi connectivity index (χ0v) is 15.8. The van der Waals surface area contributed by atoms with Crippen LogP contribution in [0.4, 0.5) is 30.9 Å². The van der Waals surface area contributed by atoms with Gasteiger partial charge in [0.1, 0.15) is 17.2 Å². The minimum absolute atomic E-state index is 0.114. The lowest BCUT2D eigenvalue weighted by molar-refractivity contribution is -0.127. The van der Waals surface area contributed by atoms with E-state index >= 15 is 0 Å². The number of anilines is 2. The molecule has 1 aromatic heterocycles. The Labute approximate surface area is 162 Å². The van der Waals surface area contributed by atoms with Gasteiger partial charge in [-0.05, 0) is 42.8 Å². The van der Waals surface area contributed by atoms with E-state index in [-0.39, 0.29) is 36.7 Å². The topological polar surface area (TPSA) is 71.5 Å². The highest BCUT2D eigenvalue weighted by atomic mass is 32.5. The van der Waals surface area contributed by atoms with Gasteiger partial charge in [0.15, 0.2) is 11.9 Å². The number of pyridine rings is 1. The number of aromatic nitrogens is 1. The molecule has 2 amide bonds. The van der Waals surface area contributed by atoms with Crippen molar-refractivity contribution in [3.63, 3.8) is 0 Å². The van der Waals surface area contributed by atoms with Gasteiger partial charge in [0.25, 0.3) is 5.91 Å². The SMILES string of the molecule is CCC(Oc1ccc(S(F)(F)(F)(F)F)cc1)C(=O)N1CC(=O)Nc2cccnc21. The zero-order chi connectivity index (χ0) is 21.5. The molecule has 0 fully saturated rings. The molecule has 12 heteroatoms. The van der Waals surface area contributed by atoms with Gasteiger partial charge < -0.3 is 10.1 Å². The Morgan fingerprint density at radius 1 is 1.21 bits per heavy atom. The van der Waals surface area contributed by atoms with Crippen LogP contribution >= 0.6 is 10.2 Å². The molecular formula is C17H16F5N3O3S. The van der Waals surface area contributed by atoms with Gasteiger partial charge in [-0.15, -0.1) is 0 Å². The Morgan fingerprint density at radius 2 is 1.86 bits per heavy atom. The second-order valence-corrected chi connectivity index (χ2v) is 8.71. The van der Waals surface area contributed by atoms with Crippen LogP contribution in [0.5, 0.6) is 5.75 Å². The number of nitrogens with one attached hydrogen (secondary N) is 1. The highest BCUT2D eigenvalue weighted by molar-refractivity contribution is 8.45. The molecule has 0 spiro atoms. The third-order valence-corrected chi connectivity index (χ3v) is 5.24. The van der Waals surface area contributed by atoms with Crippen LogP contribution in [0.1, 0.15) is 13.3 Å². The van der Waals surface area contributed by atoms with Crippen molar-refractivity contribution in [1.29, 1.82) is 0 Å². The first-order chi connectivity index (χ1) is 13.3. The number of ether oxygens (including phenoxy) is 1. The normalized spacial score (nSPS) is 17.4. The number of rotatable bonds is 5. The first kappa shape index (κ1) is 20.8. The minimum atomic E-state index is -9.79. The predicted molar refractivity (Wildman–Crippen MR) is 97.8 cm³/mol. The molecule has 158 valence electrons. The van der Waals surface area contributed by atoms with Crippen molar-refractivity contribution in [2.45, 2.75) is 24.3 Å². The number of hydrogen-bond acceptors (Lipinski definition) is 4. The summed E-state index contributed by atoms with van der Waals surface area (Å²) >= 11 is 0. The van der Waals surface area contributed by atoms with Crippen LogP contribution in [-0.4, -0.2) is 29.4 Å². The molecule has 0 saturated carbocycles. The van der Waals surface area contributed by atoms with Crippen LogP contribution in [0.15, 0.2) is 47.5 Å². The summed E-state index contributed by atoms with van der Waals surface area (Å²) in [6.07, 6.45) is 0.376. The number of nitrogens with zero attached hydrogens (tertiary/aromatic N) is 2. The molecule has 0 saturated heterocycles. The Bertz CT molecular complexity index is 967. The second-order valence-electron chi connectivity index (χ2n) is 6.30. The van der Waals surface area contributed by atoms with Crippen LogP contribution in [0.3, 0.4) is 0 Å². The third kappa shape index (κ3) is 4.58. The lowest BCUT2D eigenvalue weighted by Crippen LogP contribution is -2.48. The molecule has 3 rings (SSSR count). The van der Waals surface area contributed by atoms with Crippen LogP contribution < -0.4 is 15.0 Å². The highest BCUT2D eigenvalue weighted by Crippen LogP contribution is 3.02. The Hall–Kier alpha value is -2.89. The van der Waals surface area contributed by atoms with Gasteiger partial charge in [-0.3, -0.25) is 14.5 Å². The van der Waals surface area contributed by atoms with Crippen LogP contribution in [-0.2, 0) is 9.59 Å². The Morgan fingerprint density at radius 3 is 2.45 bits per heavy atom.